The fourth-order valence-electron chi connectivity index (χ4n) is 2.44. The standard InChI is InChI=1S/C13H27NO/c1-4-6-12-7-8-14(9-12)10-13(15)11(3)5-2/h11-13,15H,4-10H2,1-3H3. The fraction of sp³-hybridized carbons (Fsp3) is 1.00. The van der Waals surface area contributed by atoms with Crippen molar-refractivity contribution in [1.82, 2.24) is 4.90 Å². The van der Waals surface area contributed by atoms with Gasteiger partial charge in [0, 0.05) is 13.1 Å². The van der Waals surface area contributed by atoms with Crippen LogP contribution in [0.1, 0.15) is 46.5 Å². The van der Waals surface area contributed by atoms with Crippen LogP contribution in [-0.4, -0.2) is 35.7 Å². The third-order valence-electron chi connectivity index (χ3n) is 3.81. The smallest absolute Gasteiger partial charge is 0.0692 e. The average molecular weight is 213 g/mol. The van der Waals surface area contributed by atoms with Crippen LogP contribution in [0.2, 0.25) is 0 Å². The molecule has 2 heteroatoms. The first-order chi connectivity index (χ1) is 7.17. The lowest BCUT2D eigenvalue weighted by Crippen LogP contribution is -2.34. The van der Waals surface area contributed by atoms with E-state index in [4.69, 9.17) is 0 Å². The maximum atomic E-state index is 9.95. The summed E-state index contributed by atoms with van der Waals surface area (Å²) in [5, 5.41) is 9.95. The van der Waals surface area contributed by atoms with Gasteiger partial charge in [0.15, 0.2) is 0 Å². The molecule has 0 spiro atoms. The number of aliphatic hydroxyl groups excluding tert-OH is 1. The van der Waals surface area contributed by atoms with E-state index in [9.17, 15) is 5.11 Å². The van der Waals surface area contributed by atoms with E-state index in [0.717, 1.165) is 18.9 Å². The summed E-state index contributed by atoms with van der Waals surface area (Å²) >= 11 is 0. The van der Waals surface area contributed by atoms with Crippen LogP contribution in [0.15, 0.2) is 0 Å². The Morgan fingerprint density at radius 2 is 2.13 bits per heavy atom. The van der Waals surface area contributed by atoms with Crippen LogP contribution in [-0.2, 0) is 0 Å². The summed E-state index contributed by atoms with van der Waals surface area (Å²) in [4.78, 5) is 2.44. The lowest BCUT2D eigenvalue weighted by molar-refractivity contribution is 0.0756. The van der Waals surface area contributed by atoms with E-state index < -0.39 is 0 Å². The molecule has 0 bridgehead atoms. The molecule has 0 aromatic carbocycles. The molecule has 0 saturated carbocycles. The van der Waals surface area contributed by atoms with Crippen LogP contribution in [0.25, 0.3) is 0 Å². The minimum Gasteiger partial charge on any atom is -0.392 e. The van der Waals surface area contributed by atoms with E-state index >= 15 is 0 Å². The summed E-state index contributed by atoms with van der Waals surface area (Å²) in [6, 6.07) is 0. The van der Waals surface area contributed by atoms with Crippen molar-refractivity contribution in [3.8, 4) is 0 Å². The summed E-state index contributed by atoms with van der Waals surface area (Å²) in [7, 11) is 0. The molecule has 0 amide bonds. The quantitative estimate of drug-likeness (QED) is 0.733. The summed E-state index contributed by atoms with van der Waals surface area (Å²) in [5.74, 6) is 1.33. The zero-order valence-corrected chi connectivity index (χ0v) is 10.6. The van der Waals surface area contributed by atoms with Crippen molar-refractivity contribution in [3.63, 3.8) is 0 Å². The Hall–Kier alpha value is -0.0800. The van der Waals surface area contributed by atoms with Gasteiger partial charge >= 0.3 is 0 Å². The van der Waals surface area contributed by atoms with E-state index in [1.54, 1.807) is 0 Å². The maximum absolute atomic E-state index is 9.95. The molecule has 2 nitrogen and oxygen atoms in total. The van der Waals surface area contributed by atoms with Crippen LogP contribution in [0.4, 0.5) is 0 Å². The second-order valence-corrected chi connectivity index (χ2v) is 5.16. The first-order valence-corrected chi connectivity index (χ1v) is 6.57. The molecule has 1 aliphatic rings. The summed E-state index contributed by atoms with van der Waals surface area (Å²) in [5.41, 5.74) is 0. The van der Waals surface area contributed by atoms with Gasteiger partial charge in [0.2, 0.25) is 0 Å². The summed E-state index contributed by atoms with van der Waals surface area (Å²) in [6.45, 7) is 9.84. The van der Waals surface area contributed by atoms with Gasteiger partial charge in [0.05, 0.1) is 6.10 Å². The summed E-state index contributed by atoms with van der Waals surface area (Å²) < 4.78 is 0. The van der Waals surface area contributed by atoms with Crippen LogP contribution in [0, 0.1) is 11.8 Å². The Balaban J connectivity index is 2.23. The Morgan fingerprint density at radius 3 is 2.73 bits per heavy atom. The molecule has 15 heavy (non-hydrogen) atoms. The predicted molar refractivity (Wildman–Crippen MR) is 64.9 cm³/mol. The van der Waals surface area contributed by atoms with Gasteiger partial charge in [-0.15, -0.1) is 0 Å². The predicted octanol–water partition coefficient (Wildman–Crippen LogP) is 2.52. The van der Waals surface area contributed by atoms with Crippen LogP contribution < -0.4 is 0 Å². The lowest BCUT2D eigenvalue weighted by atomic mass is 10.0. The Labute approximate surface area is 94.7 Å². The van der Waals surface area contributed by atoms with Crippen LogP contribution >= 0.6 is 0 Å². The molecule has 1 N–H and O–H groups in total. The molecule has 0 aromatic heterocycles. The fourth-order valence-corrected chi connectivity index (χ4v) is 2.44. The van der Waals surface area contributed by atoms with Crippen molar-refractivity contribution >= 4 is 0 Å². The van der Waals surface area contributed by atoms with Crippen molar-refractivity contribution in [2.75, 3.05) is 19.6 Å². The number of β-amino-alcohol motifs (C(OH)–C–C–N with tert-alkyl or cyclic N) is 1. The van der Waals surface area contributed by atoms with Crippen molar-refractivity contribution in [3.05, 3.63) is 0 Å². The third-order valence-corrected chi connectivity index (χ3v) is 3.81. The number of rotatable bonds is 6. The molecular formula is C13H27NO. The van der Waals surface area contributed by atoms with E-state index in [1.807, 2.05) is 0 Å². The summed E-state index contributed by atoms with van der Waals surface area (Å²) in [6.07, 6.45) is 4.94. The third kappa shape index (κ3) is 4.12. The van der Waals surface area contributed by atoms with Gasteiger partial charge in [-0.25, -0.2) is 0 Å². The molecule has 1 saturated heterocycles. The highest BCUT2D eigenvalue weighted by Gasteiger charge is 2.24. The van der Waals surface area contributed by atoms with Gasteiger partial charge < -0.3 is 10.0 Å². The van der Waals surface area contributed by atoms with Crippen molar-refractivity contribution in [2.45, 2.75) is 52.6 Å². The van der Waals surface area contributed by atoms with Gasteiger partial charge in [-0.1, -0.05) is 33.6 Å². The molecule has 0 aliphatic carbocycles. The van der Waals surface area contributed by atoms with Gasteiger partial charge in [0.1, 0.15) is 0 Å². The molecule has 90 valence electrons. The van der Waals surface area contributed by atoms with Crippen LogP contribution in [0.5, 0.6) is 0 Å². The van der Waals surface area contributed by atoms with Gasteiger partial charge in [0.25, 0.3) is 0 Å². The first-order valence-electron chi connectivity index (χ1n) is 6.57. The average Bonchev–Trinajstić information content (AvgIpc) is 2.65. The zero-order chi connectivity index (χ0) is 11.3. The molecule has 0 radical (unpaired) electrons. The number of hydrogen-bond donors (Lipinski definition) is 1. The molecule has 0 aromatic rings. The van der Waals surface area contributed by atoms with E-state index in [0.29, 0.717) is 5.92 Å². The zero-order valence-electron chi connectivity index (χ0n) is 10.6. The first kappa shape index (κ1) is 13.0. The Kier molecular flexibility index (Phi) is 5.62. The van der Waals surface area contributed by atoms with Gasteiger partial charge in [-0.3, -0.25) is 0 Å². The van der Waals surface area contributed by atoms with Gasteiger partial charge in [-0.05, 0) is 31.2 Å². The number of hydrogen-bond acceptors (Lipinski definition) is 2. The number of aliphatic hydroxyl groups is 1. The maximum Gasteiger partial charge on any atom is 0.0692 e. The monoisotopic (exact) mass is 213 g/mol. The van der Waals surface area contributed by atoms with Gasteiger partial charge in [-0.2, -0.15) is 0 Å². The van der Waals surface area contributed by atoms with Crippen LogP contribution in [0.3, 0.4) is 0 Å². The highest BCUT2D eigenvalue weighted by molar-refractivity contribution is 4.78. The second-order valence-electron chi connectivity index (χ2n) is 5.16. The molecule has 1 heterocycles. The minimum absolute atomic E-state index is 0.129. The van der Waals surface area contributed by atoms with Crippen molar-refractivity contribution in [1.29, 1.82) is 0 Å². The molecule has 3 unspecified atom stereocenters. The number of likely N-dealkylation sites (tertiary alicyclic amines) is 1. The van der Waals surface area contributed by atoms with E-state index in [2.05, 4.69) is 25.7 Å². The SMILES string of the molecule is CCCC1CCN(CC(O)C(C)CC)C1. The van der Waals surface area contributed by atoms with Crippen molar-refractivity contribution in [2.24, 2.45) is 11.8 Å². The minimum atomic E-state index is -0.129. The topological polar surface area (TPSA) is 23.5 Å². The Morgan fingerprint density at radius 1 is 1.40 bits per heavy atom. The molecule has 3 atom stereocenters. The number of nitrogens with zero attached hydrogens (tertiary/aromatic N) is 1. The largest absolute Gasteiger partial charge is 0.392 e. The highest BCUT2D eigenvalue weighted by Crippen LogP contribution is 2.21. The van der Waals surface area contributed by atoms with E-state index in [-0.39, 0.29) is 6.10 Å². The normalized spacial score (nSPS) is 26.8. The second kappa shape index (κ2) is 6.49. The lowest BCUT2D eigenvalue weighted by Gasteiger charge is -2.23. The molecular weight excluding hydrogens is 186 g/mol. The molecule has 1 rings (SSSR count). The molecule has 1 aliphatic heterocycles. The van der Waals surface area contributed by atoms with Crippen molar-refractivity contribution < 1.29 is 5.11 Å². The Bertz CT molecular complexity index is 172. The molecule has 1 fully saturated rings. The van der Waals surface area contributed by atoms with E-state index in [1.165, 1.54) is 32.4 Å². The highest BCUT2D eigenvalue weighted by atomic mass is 16.3.